The molecule has 0 radical (unpaired) electrons. The molecule has 2 aromatic rings. The van der Waals surface area contributed by atoms with Crippen molar-refractivity contribution < 1.29 is 4.42 Å². The van der Waals surface area contributed by atoms with E-state index in [9.17, 15) is 0 Å². The number of benzene rings is 1. The minimum atomic E-state index is 0.752. The molecular weight excluding hydrogens is 260 g/mol. The molecule has 21 heavy (non-hydrogen) atoms. The van der Waals surface area contributed by atoms with Crippen LogP contribution in [0.15, 0.2) is 40.8 Å². The number of rotatable bonds is 7. The number of hydrogen-bond acceptors (Lipinski definition) is 3. The first-order valence-corrected chi connectivity index (χ1v) is 7.75. The highest BCUT2D eigenvalue weighted by Crippen LogP contribution is 2.20. The van der Waals surface area contributed by atoms with Gasteiger partial charge in [-0.2, -0.15) is 0 Å². The van der Waals surface area contributed by atoms with Crippen molar-refractivity contribution in [3.63, 3.8) is 0 Å². The fourth-order valence-electron chi connectivity index (χ4n) is 2.61. The van der Waals surface area contributed by atoms with Gasteiger partial charge in [-0.05, 0) is 50.1 Å². The van der Waals surface area contributed by atoms with Crippen LogP contribution in [0.3, 0.4) is 0 Å². The molecule has 112 valence electrons. The van der Waals surface area contributed by atoms with Crippen LogP contribution in [0.2, 0.25) is 0 Å². The number of nitrogens with one attached hydrogen (secondary N) is 1. The Bertz CT molecular complexity index is 586. The summed E-state index contributed by atoms with van der Waals surface area (Å²) in [7, 11) is 2.14. The molecule has 1 aliphatic rings. The molecule has 1 heterocycles. The van der Waals surface area contributed by atoms with Crippen LogP contribution in [0.4, 0.5) is 0 Å². The lowest BCUT2D eigenvalue weighted by molar-refractivity contribution is 0.284. The molecule has 1 aromatic heterocycles. The SMILES string of the molecule is Cc1ccc(CN(C)Cc2ccccc2CNC2CC2)o1. The maximum Gasteiger partial charge on any atom is 0.118 e. The van der Waals surface area contributed by atoms with Crippen LogP contribution in [0.5, 0.6) is 0 Å². The second-order valence-corrected chi connectivity index (χ2v) is 6.11. The smallest absolute Gasteiger partial charge is 0.118 e. The number of furan rings is 1. The lowest BCUT2D eigenvalue weighted by atomic mass is 10.1. The Labute approximate surface area is 127 Å². The summed E-state index contributed by atoms with van der Waals surface area (Å²) < 4.78 is 5.66. The molecule has 1 N–H and O–H groups in total. The molecular formula is C18H24N2O. The molecule has 1 fully saturated rings. The van der Waals surface area contributed by atoms with Gasteiger partial charge in [-0.15, -0.1) is 0 Å². The van der Waals surface area contributed by atoms with Gasteiger partial charge >= 0.3 is 0 Å². The third-order valence-corrected chi connectivity index (χ3v) is 3.94. The molecule has 0 amide bonds. The minimum absolute atomic E-state index is 0.752. The summed E-state index contributed by atoms with van der Waals surface area (Å²) in [6, 6.07) is 13.6. The van der Waals surface area contributed by atoms with E-state index in [0.717, 1.165) is 37.2 Å². The van der Waals surface area contributed by atoms with E-state index in [1.54, 1.807) is 0 Å². The molecule has 0 atom stereocenters. The van der Waals surface area contributed by atoms with E-state index < -0.39 is 0 Å². The monoisotopic (exact) mass is 284 g/mol. The third-order valence-electron chi connectivity index (χ3n) is 3.94. The Morgan fingerprint density at radius 1 is 1.10 bits per heavy atom. The molecule has 0 spiro atoms. The van der Waals surface area contributed by atoms with E-state index in [-0.39, 0.29) is 0 Å². The predicted molar refractivity (Wildman–Crippen MR) is 84.9 cm³/mol. The van der Waals surface area contributed by atoms with Gasteiger partial charge in [0.2, 0.25) is 0 Å². The van der Waals surface area contributed by atoms with Crippen molar-refractivity contribution in [2.24, 2.45) is 0 Å². The van der Waals surface area contributed by atoms with Gasteiger partial charge in [0.1, 0.15) is 11.5 Å². The van der Waals surface area contributed by atoms with Gasteiger partial charge in [-0.1, -0.05) is 24.3 Å². The van der Waals surface area contributed by atoms with E-state index in [2.05, 4.69) is 47.6 Å². The standard InChI is InChI=1S/C18H24N2O/c1-14-7-10-18(21-14)13-20(2)12-16-6-4-3-5-15(16)11-19-17-8-9-17/h3-7,10,17,19H,8-9,11-13H2,1-2H3. The molecule has 3 rings (SSSR count). The van der Waals surface area contributed by atoms with Crippen molar-refractivity contribution in [3.05, 3.63) is 59.0 Å². The average molecular weight is 284 g/mol. The van der Waals surface area contributed by atoms with Crippen LogP contribution in [-0.2, 0) is 19.6 Å². The van der Waals surface area contributed by atoms with Crippen LogP contribution >= 0.6 is 0 Å². The van der Waals surface area contributed by atoms with Crippen LogP contribution in [0.25, 0.3) is 0 Å². The Balaban J connectivity index is 1.60. The maximum atomic E-state index is 5.66. The van der Waals surface area contributed by atoms with Crippen LogP contribution < -0.4 is 5.32 Å². The van der Waals surface area contributed by atoms with Crippen molar-refractivity contribution in [1.29, 1.82) is 0 Å². The molecule has 0 aliphatic heterocycles. The summed E-state index contributed by atoms with van der Waals surface area (Å²) in [4.78, 5) is 2.30. The molecule has 0 unspecified atom stereocenters. The zero-order valence-corrected chi connectivity index (χ0v) is 12.9. The van der Waals surface area contributed by atoms with Crippen LogP contribution in [-0.4, -0.2) is 18.0 Å². The average Bonchev–Trinajstić information content (AvgIpc) is 3.20. The largest absolute Gasteiger partial charge is 0.465 e. The van der Waals surface area contributed by atoms with E-state index >= 15 is 0 Å². The molecule has 0 bridgehead atoms. The molecule has 1 saturated carbocycles. The van der Waals surface area contributed by atoms with Gasteiger partial charge in [0.05, 0.1) is 6.54 Å². The second kappa shape index (κ2) is 6.46. The zero-order valence-electron chi connectivity index (χ0n) is 12.9. The fraction of sp³-hybridized carbons (Fsp3) is 0.444. The van der Waals surface area contributed by atoms with Gasteiger partial charge in [0.15, 0.2) is 0 Å². The van der Waals surface area contributed by atoms with Crippen molar-refractivity contribution in [3.8, 4) is 0 Å². The van der Waals surface area contributed by atoms with Crippen molar-refractivity contribution in [2.45, 2.75) is 45.4 Å². The molecule has 3 nitrogen and oxygen atoms in total. The van der Waals surface area contributed by atoms with Gasteiger partial charge in [-0.3, -0.25) is 4.90 Å². The minimum Gasteiger partial charge on any atom is -0.465 e. The van der Waals surface area contributed by atoms with Gasteiger partial charge in [-0.25, -0.2) is 0 Å². The summed E-state index contributed by atoms with van der Waals surface area (Å²) in [5, 5.41) is 3.60. The quantitative estimate of drug-likeness (QED) is 0.844. The van der Waals surface area contributed by atoms with Gasteiger partial charge < -0.3 is 9.73 Å². The van der Waals surface area contributed by atoms with Crippen molar-refractivity contribution in [2.75, 3.05) is 7.05 Å². The van der Waals surface area contributed by atoms with E-state index in [0.29, 0.717) is 0 Å². The van der Waals surface area contributed by atoms with Crippen molar-refractivity contribution in [1.82, 2.24) is 10.2 Å². The Hall–Kier alpha value is -1.58. The maximum absolute atomic E-state index is 5.66. The first kappa shape index (κ1) is 14.4. The van der Waals surface area contributed by atoms with E-state index in [4.69, 9.17) is 4.42 Å². The first-order valence-electron chi connectivity index (χ1n) is 7.75. The highest BCUT2D eigenvalue weighted by Gasteiger charge is 2.20. The zero-order chi connectivity index (χ0) is 14.7. The summed E-state index contributed by atoms with van der Waals surface area (Å²) in [5.74, 6) is 2.01. The summed E-state index contributed by atoms with van der Waals surface area (Å²) in [6.45, 7) is 4.76. The highest BCUT2D eigenvalue weighted by molar-refractivity contribution is 5.27. The Morgan fingerprint density at radius 2 is 1.86 bits per heavy atom. The molecule has 1 aliphatic carbocycles. The number of aryl methyl sites for hydroxylation is 1. The molecule has 0 saturated heterocycles. The summed E-state index contributed by atoms with van der Waals surface area (Å²) >= 11 is 0. The van der Waals surface area contributed by atoms with Gasteiger partial charge in [0.25, 0.3) is 0 Å². The number of nitrogens with zero attached hydrogens (tertiary/aromatic N) is 1. The summed E-state index contributed by atoms with van der Waals surface area (Å²) in [6.07, 6.45) is 2.67. The second-order valence-electron chi connectivity index (χ2n) is 6.11. The molecule has 1 aromatic carbocycles. The van der Waals surface area contributed by atoms with Crippen LogP contribution in [0, 0.1) is 6.92 Å². The highest BCUT2D eigenvalue weighted by atomic mass is 16.3. The lowest BCUT2D eigenvalue weighted by Crippen LogP contribution is -2.20. The fourth-order valence-corrected chi connectivity index (χ4v) is 2.61. The normalized spacial score (nSPS) is 14.8. The predicted octanol–water partition coefficient (Wildman–Crippen LogP) is 3.47. The van der Waals surface area contributed by atoms with Crippen LogP contribution in [0.1, 0.15) is 35.5 Å². The Morgan fingerprint density at radius 3 is 2.52 bits per heavy atom. The lowest BCUT2D eigenvalue weighted by Gasteiger charge is -2.18. The Kier molecular flexibility index (Phi) is 4.42. The van der Waals surface area contributed by atoms with Crippen molar-refractivity contribution >= 4 is 0 Å². The first-order chi connectivity index (χ1) is 10.2. The van der Waals surface area contributed by atoms with Gasteiger partial charge in [0, 0.05) is 19.1 Å². The summed E-state index contributed by atoms with van der Waals surface area (Å²) in [5.41, 5.74) is 2.81. The number of hydrogen-bond donors (Lipinski definition) is 1. The third kappa shape index (κ3) is 4.19. The topological polar surface area (TPSA) is 28.4 Å². The molecule has 3 heteroatoms. The van der Waals surface area contributed by atoms with E-state index in [1.165, 1.54) is 24.0 Å². The van der Waals surface area contributed by atoms with E-state index in [1.807, 2.05) is 13.0 Å².